The van der Waals surface area contributed by atoms with Crippen molar-refractivity contribution in [2.24, 2.45) is 5.92 Å². The van der Waals surface area contributed by atoms with E-state index in [-0.39, 0.29) is 5.97 Å². The fourth-order valence-corrected chi connectivity index (χ4v) is 3.11. The molecule has 1 aromatic heterocycles. The van der Waals surface area contributed by atoms with Crippen LogP contribution in [0.4, 0.5) is 5.13 Å². The smallest absolute Gasteiger partial charge is 0.349 e. The molecule has 2 rings (SSSR count). The third-order valence-corrected chi connectivity index (χ3v) is 3.92. The van der Waals surface area contributed by atoms with E-state index >= 15 is 0 Å². The van der Waals surface area contributed by atoms with Gasteiger partial charge in [0.05, 0.1) is 13.3 Å². The molecule has 2 heterocycles. The monoisotopic (exact) mass is 240 g/mol. The maximum atomic E-state index is 11.3. The molecule has 0 saturated carbocycles. The summed E-state index contributed by atoms with van der Waals surface area (Å²) in [4.78, 5) is 18.5. The molecule has 1 aliphatic rings. The molecule has 2 atom stereocenters. The Labute approximate surface area is 99.2 Å². The highest BCUT2D eigenvalue weighted by Crippen LogP contribution is 2.31. The van der Waals surface area contributed by atoms with Gasteiger partial charge in [0.15, 0.2) is 5.13 Å². The lowest BCUT2D eigenvalue weighted by Gasteiger charge is -2.19. The first-order valence-electron chi connectivity index (χ1n) is 5.42. The number of nitrogens with zero attached hydrogens (tertiary/aromatic N) is 2. The molecular formula is C11H16N2O2S. The minimum absolute atomic E-state index is 0.302. The van der Waals surface area contributed by atoms with Crippen LogP contribution in [0.3, 0.4) is 0 Å². The first kappa shape index (κ1) is 11.4. The number of anilines is 1. The van der Waals surface area contributed by atoms with Gasteiger partial charge < -0.3 is 9.64 Å². The largest absolute Gasteiger partial charge is 0.465 e. The van der Waals surface area contributed by atoms with Crippen molar-refractivity contribution < 1.29 is 9.53 Å². The van der Waals surface area contributed by atoms with E-state index in [1.807, 2.05) is 0 Å². The second kappa shape index (κ2) is 4.41. The Bertz CT molecular complexity index is 391. The summed E-state index contributed by atoms with van der Waals surface area (Å²) in [6.45, 7) is 5.46. The normalized spacial score (nSPS) is 24.8. The molecule has 5 heteroatoms. The van der Waals surface area contributed by atoms with Crippen molar-refractivity contribution in [2.45, 2.75) is 26.3 Å². The minimum Gasteiger partial charge on any atom is -0.465 e. The van der Waals surface area contributed by atoms with Crippen molar-refractivity contribution in [2.75, 3.05) is 18.6 Å². The summed E-state index contributed by atoms with van der Waals surface area (Å²) >= 11 is 1.41. The van der Waals surface area contributed by atoms with E-state index in [1.54, 1.807) is 6.20 Å². The molecule has 0 spiro atoms. The molecule has 2 unspecified atom stereocenters. The first-order valence-corrected chi connectivity index (χ1v) is 6.24. The highest BCUT2D eigenvalue weighted by Gasteiger charge is 2.28. The van der Waals surface area contributed by atoms with Gasteiger partial charge in [-0.15, -0.1) is 0 Å². The fraction of sp³-hybridized carbons (Fsp3) is 0.636. The summed E-state index contributed by atoms with van der Waals surface area (Å²) in [5.41, 5.74) is 0. The van der Waals surface area contributed by atoms with Crippen molar-refractivity contribution in [3.8, 4) is 0 Å². The molecule has 16 heavy (non-hydrogen) atoms. The summed E-state index contributed by atoms with van der Waals surface area (Å²) < 4.78 is 4.67. The second-order valence-corrected chi connectivity index (χ2v) is 5.35. The van der Waals surface area contributed by atoms with Gasteiger partial charge >= 0.3 is 5.97 Å². The Kier molecular flexibility index (Phi) is 3.14. The molecule has 1 fully saturated rings. The lowest BCUT2D eigenvalue weighted by atomic mass is 10.1. The molecule has 0 radical (unpaired) electrons. The summed E-state index contributed by atoms with van der Waals surface area (Å²) in [7, 11) is 1.39. The predicted octanol–water partition coefficient (Wildman–Crippen LogP) is 2.16. The number of carbonyl (C=O) groups excluding carboxylic acids is 1. The number of thiazole rings is 1. The lowest BCUT2D eigenvalue weighted by molar-refractivity contribution is 0.0606. The number of aromatic nitrogens is 1. The first-order chi connectivity index (χ1) is 7.61. The van der Waals surface area contributed by atoms with E-state index in [1.165, 1.54) is 24.9 Å². The maximum Gasteiger partial charge on any atom is 0.349 e. The van der Waals surface area contributed by atoms with Gasteiger partial charge in [-0.1, -0.05) is 18.3 Å². The van der Waals surface area contributed by atoms with Gasteiger partial charge in [0, 0.05) is 12.6 Å². The zero-order chi connectivity index (χ0) is 11.7. The van der Waals surface area contributed by atoms with Gasteiger partial charge in [-0.2, -0.15) is 0 Å². The lowest BCUT2D eigenvalue weighted by Crippen LogP contribution is -2.26. The maximum absolute atomic E-state index is 11.3. The van der Waals surface area contributed by atoms with E-state index in [2.05, 4.69) is 28.5 Å². The molecule has 0 N–H and O–H groups in total. The highest BCUT2D eigenvalue weighted by molar-refractivity contribution is 7.17. The van der Waals surface area contributed by atoms with Crippen LogP contribution in [0.25, 0.3) is 0 Å². The van der Waals surface area contributed by atoms with Gasteiger partial charge in [0.25, 0.3) is 0 Å². The van der Waals surface area contributed by atoms with Crippen LogP contribution in [-0.2, 0) is 4.74 Å². The van der Waals surface area contributed by atoms with E-state index < -0.39 is 0 Å². The SMILES string of the molecule is COC(=O)c1cnc(N2CC(C)CC2C)s1. The van der Waals surface area contributed by atoms with Crippen molar-refractivity contribution in [3.05, 3.63) is 11.1 Å². The van der Waals surface area contributed by atoms with Gasteiger partial charge in [0.2, 0.25) is 0 Å². The fourth-order valence-electron chi connectivity index (χ4n) is 2.16. The number of carbonyl (C=O) groups is 1. The van der Waals surface area contributed by atoms with E-state index in [0.717, 1.165) is 11.7 Å². The molecule has 1 aliphatic heterocycles. The van der Waals surface area contributed by atoms with Gasteiger partial charge in [-0.3, -0.25) is 0 Å². The van der Waals surface area contributed by atoms with Gasteiger partial charge in [-0.05, 0) is 19.3 Å². The average Bonchev–Trinajstić information content (AvgIpc) is 2.83. The van der Waals surface area contributed by atoms with Crippen LogP contribution < -0.4 is 4.90 Å². The van der Waals surface area contributed by atoms with Crippen LogP contribution in [0.15, 0.2) is 6.20 Å². The third kappa shape index (κ3) is 2.04. The molecular weight excluding hydrogens is 224 g/mol. The van der Waals surface area contributed by atoms with Crippen LogP contribution in [-0.4, -0.2) is 30.6 Å². The standard InChI is InChI=1S/C11H16N2O2S/c1-7-4-8(2)13(6-7)11-12-5-9(16-11)10(14)15-3/h5,7-8H,4,6H2,1-3H3. The summed E-state index contributed by atoms with van der Waals surface area (Å²) in [5.74, 6) is 0.393. The molecule has 0 aromatic carbocycles. The van der Waals surface area contributed by atoms with Crippen LogP contribution in [0.5, 0.6) is 0 Å². The van der Waals surface area contributed by atoms with Crippen LogP contribution in [0.1, 0.15) is 29.9 Å². The van der Waals surface area contributed by atoms with Crippen molar-refractivity contribution in [1.29, 1.82) is 0 Å². The number of methoxy groups -OCH3 is 1. The van der Waals surface area contributed by atoms with Gasteiger partial charge in [-0.25, -0.2) is 9.78 Å². The van der Waals surface area contributed by atoms with Crippen molar-refractivity contribution >= 4 is 22.4 Å². The Morgan fingerprint density at radius 3 is 2.94 bits per heavy atom. The molecule has 0 amide bonds. The Morgan fingerprint density at radius 1 is 1.62 bits per heavy atom. The highest BCUT2D eigenvalue weighted by atomic mass is 32.1. The van der Waals surface area contributed by atoms with Crippen LogP contribution in [0.2, 0.25) is 0 Å². The molecule has 1 saturated heterocycles. The third-order valence-electron chi connectivity index (χ3n) is 2.91. The second-order valence-electron chi connectivity index (χ2n) is 4.34. The van der Waals surface area contributed by atoms with E-state index in [9.17, 15) is 4.79 Å². The van der Waals surface area contributed by atoms with E-state index in [0.29, 0.717) is 16.8 Å². The molecule has 88 valence electrons. The van der Waals surface area contributed by atoms with E-state index in [4.69, 9.17) is 0 Å². The zero-order valence-corrected chi connectivity index (χ0v) is 10.6. The quantitative estimate of drug-likeness (QED) is 0.743. The molecule has 4 nitrogen and oxygen atoms in total. The number of hydrogen-bond donors (Lipinski definition) is 0. The van der Waals surface area contributed by atoms with Crippen molar-refractivity contribution in [3.63, 3.8) is 0 Å². The Balaban J connectivity index is 2.16. The summed E-state index contributed by atoms with van der Waals surface area (Å²) in [6.07, 6.45) is 2.79. The zero-order valence-electron chi connectivity index (χ0n) is 9.77. The van der Waals surface area contributed by atoms with Crippen LogP contribution in [0, 0.1) is 5.92 Å². The summed E-state index contributed by atoms with van der Waals surface area (Å²) in [5, 5.41) is 0.928. The number of ether oxygens (including phenoxy) is 1. The molecule has 0 bridgehead atoms. The Hall–Kier alpha value is -1.10. The van der Waals surface area contributed by atoms with Crippen LogP contribution >= 0.6 is 11.3 Å². The molecule has 1 aromatic rings. The minimum atomic E-state index is -0.302. The number of hydrogen-bond acceptors (Lipinski definition) is 5. The molecule has 0 aliphatic carbocycles. The van der Waals surface area contributed by atoms with Gasteiger partial charge in [0.1, 0.15) is 4.88 Å². The van der Waals surface area contributed by atoms with Crippen molar-refractivity contribution in [1.82, 2.24) is 4.98 Å². The number of rotatable bonds is 2. The topological polar surface area (TPSA) is 42.4 Å². The number of esters is 1. The Morgan fingerprint density at radius 2 is 2.38 bits per heavy atom. The average molecular weight is 240 g/mol. The predicted molar refractivity (Wildman–Crippen MR) is 64.0 cm³/mol. The summed E-state index contributed by atoms with van der Waals surface area (Å²) in [6, 6.07) is 0.506.